The molecule has 0 bridgehead atoms. The van der Waals surface area contributed by atoms with Gasteiger partial charge >= 0.3 is 0 Å². The molecule has 0 saturated carbocycles. The average Bonchev–Trinajstić information content (AvgIpc) is 3.33. The molecule has 3 heterocycles. The Morgan fingerprint density at radius 2 is 1.97 bits per heavy atom. The highest BCUT2D eigenvalue weighted by molar-refractivity contribution is 7.11. The van der Waals surface area contributed by atoms with Crippen LogP contribution in [0.25, 0.3) is 22.2 Å². The minimum atomic E-state index is -0.208. The third-order valence-corrected chi connectivity index (χ3v) is 5.63. The number of nitrogens with zero attached hydrogens (tertiary/aromatic N) is 4. The molecule has 0 atom stereocenters. The normalized spacial score (nSPS) is 11.3. The van der Waals surface area contributed by atoms with E-state index in [1.807, 2.05) is 10.9 Å². The van der Waals surface area contributed by atoms with Gasteiger partial charge in [-0.15, -0.1) is 11.3 Å². The Labute approximate surface area is 173 Å². The molecule has 0 radical (unpaired) electrons. The Balaban J connectivity index is 1.79. The van der Waals surface area contributed by atoms with Crippen LogP contribution in [0.1, 0.15) is 34.6 Å². The van der Waals surface area contributed by atoms with E-state index in [-0.39, 0.29) is 5.91 Å². The molecule has 4 aromatic rings. The van der Waals surface area contributed by atoms with Crippen molar-refractivity contribution < 1.29 is 4.79 Å². The molecule has 0 saturated heterocycles. The first kappa shape index (κ1) is 19.3. The van der Waals surface area contributed by atoms with Crippen LogP contribution < -0.4 is 5.32 Å². The number of aryl methyl sites for hydroxylation is 2. The number of nitrogens with one attached hydrogen (secondary N) is 1. The van der Waals surface area contributed by atoms with Gasteiger partial charge in [0.25, 0.3) is 5.91 Å². The Kier molecular flexibility index (Phi) is 5.15. The molecule has 4 rings (SSSR count). The van der Waals surface area contributed by atoms with Crippen molar-refractivity contribution in [1.29, 1.82) is 0 Å². The molecule has 1 aromatic carbocycles. The summed E-state index contributed by atoms with van der Waals surface area (Å²) in [7, 11) is 0. The average molecular weight is 406 g/mol. The highest BCUT2D eigenvalue weighted by atomic mass is 32.1. The Bertz CT molecular complexity index is 1180. The molecule has 29 heavy (non-hydrogen) atoms. The molecule has 0 fully saturated rings. The van der Waals surface area contributed by atoms with Crippen LogP contribution in [0, 0.1) is 19.8 Å². The number of aromatic nitrogens is 4. The summed E-state index contributed by atoms with van der Waals surface area (Å²) >= 11 is 1.30. The zero-order valence-electron chi connectivity index (χ0n) is 16.9. The van der Waals surface area contributed by atoms with Gasteiger partial charge in [0.1, 0.15) is 4.88 Å². The van der Waals surface area contributed by atoms with Crippen LogP contribution in [0.2, 0.25) is 0 Å². The topological polar surface area (TPSA) is 72.7 Å². The molecule has 0 aliphatic carbocycles. The van der Waals surface area contributed by atoms with E-state index < -0.39 is 0 Å². The fourth-order valence-electron chi connectivity index (χ4n) is 3.20. The Morgan fingerprint density at radius 3 is 2.66 bits per heavy atom. The van der Waals surface area contributed by atoms with E-state index in [9.17, 15) is 4.79 Å². The Morgan fingerprint density at radius 1 is 1.14 bits per heavy atom. The van der Waals surface area contributed by atoms with E-state index in [1.165, 1.54) is 22.5 Å². The van der Waals surface area contributed by atoms with E-state index in [0.29, 0.717) is 16.6 Å². The third kappa shape index (κ3) is 3.91. The zero-order valence-corrected chi connectivity index (χ0v) is 17.7. The van der Waals surface area contributed by atoms with Crippen molar-refractivity contribution in [3.05, 3.63) is 58.2 Å². The van der Waals surface area contributed by atoms with Gasteiger partial charge in [-0.2, -0.15) is 5.10 Å². The van der Waals surface area contributed by atoms with E-state index in [2.05, 4.69) is 67.4 Å². The van der Waals surface area contributed by atoms with Crippen molar-refractivity contribution in [2.75, 3.05) is 5.32 Å². The maximum Gasteiger partial charge on any atom is 0.268 e. The summed E-state index contributed by atoms with van der Waals surface area (Å²) in [6, 6.07) is 8.42. The number of hydrogen-bond donors (Lipinski definition) is 1. The molecule has 0 spiro atoms. The second-order valence-corrected chi connectivity index (χ2v) is 8.52. The number of fused-ring (bicyclic) bond motifs is 1. The lowest BCUT2D eigenvalue weighted by Crippen LogP contribution is -2.12. The van der Waals surface area contributed by atoms with Gasteiger partial charge in [-0.1, -0.05) is 32.0 Å². The fourth-order valence-corrected chi connectivity index (χ4v) is 3.72. The number of thiazole rings is 1. The van der Waals surface area contributed by atoms with Crippen molar-refractivity contribution in [2.45, 2.75) is 34.2 Å². The first-order valence-corrected chi connectivity index (χ1v) is 10.4. The highest BCUT2D eigenvalue weighted by Gasteiger charge is 2.17. The molecule has 1 amide bonds. The second kappa shape index (κ2) is 7.75. The van der Waals surface area contributed by atoms with Crippen LogP contribution in [-0.2, 0) is 6.54 Å². The van der Waals surface area contributed by atoms with Crippen molar-refractivity contribution in [3.8, 4) is 11.1 Å². The summed E-state index contributed by atoms with van der Waals surface area (Å²) in [6.45, 7) is 9.19. The number of carbonyl (C=O) groups is 1. The predicted molar refractivity (Wildman–Crippen MR) is 117 cm³/mol. The van der Waals surface area contributed by atoms with Gasteiger partial charge < -0.3 is 5.32 Å². The summed E-state index contributed by atoms with van der Waals surface area (Å²) in [5, 5.41) is 8.42. The van der Waals surface area contributed by atoms with Crippen LogP contribution in [0.5, 0.6) is 0 Å². The van der Waals surface area contributed by atoms with E-state index in [4.69, 9.17) is 4.98 Å². The quantitative estimate of drug-likeness (QED) is 0.502. The SMILES string of the molecule is Cc1ccc(-c2cnc3c(c2)c(NC(=O)c2cncs2)nn3CC(C)C)cc1C. The number of amides is 1. The van der Waals surface area contributed by atoms with Gasteiger partial charge in [0.05, 0.1) is 17.1 Å². The zero-order chi connectivity index (χ0) is 20.5. The molecular weight excluding hydrogens is 382 g/mol. The number of pyridine rings is 1. The summed E-state index contributed by atoms with van der Waals surface area (Å²) < 4.78 is 1.87. The number of benzene rings is 1. The van der Waals surface area contributed by atoms with Crippen LogP contribution in [-0.4, -0.2) is 25.7 Å². The summed E-state index contributed by atoms with van der Waals surface area (Å²) in [5.41, 5.74) is 6.99. The maximum atomic E-state index is 12.6. The smallest absolute Gasteiger partial charge is 0.268 e. The monoisotopic (exact) mass is 405 g/mol. The van der Waals surface area contributed by atoms with Gasteiger partial charge in [0.15, 0.2) is 11.5 Å². The predicted octanol–water partition coefficient (Wildman–Crippen LogP) is 5.08. The molecular formula is C22H23N5OS. The van der Waals surface area contributed by atoms with E-state index >= 15 is 0 Å². The molecule has 0 aliphatic heterocycles. The van der Waals surface area contributed by atoms with Gasteiger partial charge in [0.2, 0.25) is 0 Å². The van der Waals surface area contributed by atoms with E-state index in [1.54, 1.807) is 11.7 Å². The van der Waals surface area contributed by atoms with Gasteiger partial charge in [0, 0.05) is 18.3 Å². The van der Waals surface area contributed by atoms with Crippen molar-refractivity contribution in [2.24, 2.45) is 5.92 Å². The van der Waals surface area contributed by atoms with E-state index in [0.717, 1.165) is 28.7 Å². The van der Waals surface area contributed by atoms with Crippen molar-refractivity contribution in [1.82, 2.24) is 19.7 Å². The molecule has 3 aromatic heterocycles. The second-order valence-electron chi connectivity index (χ2n) is 7.64. The summed E-state index contributed by atoms with van der Waals surface area (Å²) in [4.78, 5) is 21.8. The molecule has 0 unspecified atom stereocenters. The fraction of sp³-hybridized carbons (Fsp3) is 0.273. The maximum absolute atomic E-state index is 12.6. The lowest BCUT2D eigenvalue weighted by molar-refractivity contribution is 0.103. The first-order chi connectivity index (χ1) is 13.9. The van der Waals surface area contributed by atoms with Crippen LogP contribution in [0.4, 0.5) is 5.82 Å². The minimum absolute atomic E-state index is 0.208. The van der Waals surface area contributed by atoms with Gasteiger partial charge in [-0.3, -0.25) is 9.78 Å². The molecule has 7 heteroatoms. The van der Waals surface area contributed by atoms with Crippen LogP contribution >= 0.6 is 11.3 Å². The molecule has 0 aliphatic rings. The Hall–Kier alpha value is -3.06. The molecule has 1 N–H and O–H groups in total. The lowest BCUT2D eigenvalue weighted by Gasteiger charge is -2.07. The number of hydrogen-bond acceptors (Lipinski definition) is 5. The number of anilines is 1. The number of carbonyl (C=O) groups excluding carboxylic acids is 1. The molecule has 6 nitrogen and oxygen atoms in total. The van der Waals surface area contributed by atoms with Crippen molar-refractivity contribution in [3.63, 3.8) is 0 Å². The standard InChI is InChI=1S/C22H23N5OS/c1-13(2)11-27-21-18(20(26-27)25-22(28)19-10-23-12-29-19)8-17(9-24-21)16-6-5-14(3)15(4)7-16/h5-10,12-13H,11H2,1-4H3,(H,25,26,28). The van der Waals surface area contributed by atoms with Crippen molar-refractivity contribution >= 4 is 34.1 Å². The third-order valence-electron chi connectivity index (χ3n) is 4.85. The first-order valence-electron chi connectivity index (χ1n) is 9.56. The summed E-state index contributed by atoms with van der Waals surface area (Å²) in [5.74, 6) is 0.724. The summed E-state index contributed by atoms with van der Waals surface area (Å²) in [6.07, 6.45) is 3.44. The number of rotatable bonds is 5. The van der Waals surface area contributed by atoms with Crippen LogP contribution in [0.3, 0.4) is 0 Å². The largest absolute Gasteiger partial charge is 0.304 e. The van der Waals surface area contributed by atoms with Gasteiger partial charge in [-0.05, 0) is 42.5 Å². The minimum Gasteiger partial charge on any atom is -0.304 e. The highest BCUT2D eigenvalue weighted by Crippen LogP contribution is 2.29. The lowest BCUT2D eigenvalue weighted by atomic mass is 10.0. The van der Waals surface area contributed by atoms with Gasteiger partial charge in [-0.25, -0.2) is 9.67 Å². The molecule has 148 valence electrons. The van der Waals surface area contributed by atoms with Crippen LogP contribution in [0.15, 0.2) is 42.2 Å².